The van der Waals surface area contributed by atoms with Gasteiger partial charge in [0.25, 0.3) is 0 Å². The summed E-state index contributed by atoms with van der Waals surface area (Å²) in [7, 11) is -3.36. The maximum atomic E-state index is 11.5. The molecule has 1 rings (SSSR count). The molecule has 0 aliphatic heterocycles. The van der Waals surface area contributed by atoms with Gasteiger partial charge in [0.1, 0.15) is 5.75 Å². The minimum Gasteiger partial charge on any atom is -0.325 e. The van der Waals surface area contributed by atoms with Crippen LogP contribution < -0.4 is 5.32 Å². The van der Waals surface area contributed by atoms with Gasteiger partial charge in [0.2, 0.25) is 5.91 Å². The van der Waals surface area contributed by atoms with Gasteiger partial charge in [0.15, 0.2) is 9.84 Å². The first-order valence-corrected chi connectivity index (χ1v) is 7.17. The Morgan fingerprint density at radius 3 is 2.29 bits per heavy atom. The second-order valence-corrected chi connectivity index (χ2v) is 6.90. The first kappa shape index (κ1) is 14.0. The van der Waals surface area contributed by atoms with Crippen LogP contribution in [0, 0.1) is 0 Å². The van der Waals surface area contributed by atoms with Crippen LogP contribution >= 0.6 is 11.6 Å². The number of amides is 1. The Labute approximate surface area is 106 Å². The van der Waals surface area contributed by atoms with Crippen molar-refractivity contribution in [3.63, 3.8) is 0 Å². The van der Waals surface area contributed by atoms with Gasteiger partial charge >= 0.3 is 0 Å². The number of hydrogen-bond donors (Lipinski definition) is 1. The smallest absolute Gasteiger partial charge is 0.239 e. The molecule has 1 aromatic carbocycles. The van der Waals surface area contributed by atoms with E-state index >= 15 is 0 Å². The van der Waals surface area contributed by atoms with Gasteiger partial charge in [-0.25, -0.2) is 8.42 Å². The summed E-state index contributed by atoms with van der Waals surface area (Å²) < 4.78 is 23.0. The molecule has 4 nitrogen and oxygen atoms in total. The lowest BCUT2D eigenvalue weighted by atomic mass is 10.3. The summed E-state index contributed by atoms with van der Waals surface area (Å²) in [5.74, 6) is -1.05. The number of sulfone groups is 1. The molecule has 0 aromatic heterocycles. The number of halogens is 1. The second-order valence-electron chi connectivity index (χ2n) is 3.91. The first-order valence-electron chi connectivity index (χ1n) is 5.08. The van der Waals surface area contributed by atoms with Crippen LogP contribution in [0.1, 0.15) is 13.8 Å². The van der Waals surface area contributed by atoms with Crippen LogP contribution in [0.4, 0.5) is 5.69 Å². The summed E-state index contributed by atoms with van der Waals surface area (Å²) in [4.78, 5) is 11.5. The summed E-state index contributed by atoms with van der Waals surface area (Å²) >= 11 is 5.69. The number of anilines is 1. The molecule has 0 aliphatic carbocycles. The van der Waals surface area contributed by atoms with E-state index in [9.17, 15) is 13.2 Å². The fourth-order valence-electron chi connectivity index (χ4n) is 1.08. The van der Waals surface area contributed by atoms with Crippen LogP contribution in [-0.2, 0) is 14.6 Å². The third-order valence-electron chi connectivity index (χ3n) is 2.18. The highest BCUT2D eigenvalue weighted by Crippen LogP contribution is 2.13. The molecule has 0 aliphatic rings. The van der Waals surface area contributed by atoms with Gasteiger partial charge in [0, 0.05) is 10.7 Å². The predicted molar refractivity (Wildman–Crippen MR) is 69.0 cm³/mol. The van der Waals surface area contributed by atoms with Crippen molar-refractivity contribution in [2.24, 2.45) is 0 Å². The number of hydrogen-bond acceptors (Lipinski definition) is 3. The molecule has 0 unspecified atom stereocenters. The van der Waals surface area contributed by atoms with Crippen LogP contribution in [0.3, 0.4) is 0 Å². The van der Waals surface area contributed by atoms with E-state index in [4.69, 9.17) is 11.6 Å². The standard InChI is InChI=1S/C11H14ClNO3S/c1-8(2)17(15,16)7-11(14)13-10-5-3-9(12)4-6-10/h3-6,8H,7H2,1-2H3,(H,13,14). The predicted octanol–water partition coefficient (Wildman–Crippen LogP) is 2.10. The van der Waals surface area contributed by atoms with Gasteiger partial charge in [-0.2, -0.15) is 0 Å². The van der Waals surface area contributed by atoms with Crippen molar-refractivity contribution in [2.75, 3.05) is 11.1 Å². The van der Waals surface area contributed by atoms with Crippen LogP contribution in [0.15, 0.2) is 24.3 Å². The van der Waals surface area contributed by atoms with Gasteiger partial charge in [-0.1, -0.05) is 11.6 Å². The van der Waals surface area contributed by atoms with Gasteiger partial charge in [0.05, 0.1) is 5.25 Å². The highest BCUT2D eigenvalue weighted by Gasteiger charge is 2.20. The largest absolute Gasteiger partial charge is 0.325 e. The van der Waals surface area contributed by atoms with E-state index in [1.807, 2.05) is 0 Å². The third kappa shape index (κ3) is 4.36. The highest BCUT2D eigenvalue weighted by atomic mass is 35.5. The minimum absolute atomic E-state index is 0.507. The van der Waals surface area contributed by atoms with Gasteiger partial charge in [-0.05, 0) is 38.1 Å². The van der Waals surface area contributed by atoms with Crippen molar-refractivity contribution in [2.45, 2.75) is 19.1 Å². The van der Waals surface area contributed by atoms with E-state index in [1.165, 1.54) is 0 Å². The number of carbonyl (C=O) groups excluding carboxylic acids is 1. The van der Waals surface area contributed by atoms with Gasteiger partial charge < -0.3 is 5.32 Å². The Morgan fingerprint density at radius 2 is 1.82 bits per heavy atom. The van der Waals surface area contributed by atoms with Crippen molar-refractivity contribution < 1.29 is 13.2 Å². The summed E-state index contributed by atoms with van der Waals surface area (Å²) in [6.45, 7) is 3.09. The molecule has 0 atom stereocenters. The molecule has 0 bridgehead atoms. The minimum atomic E-state index is -3.36. The molecule has 0 saturated carbocycles. The van der Waals surface area contributed by atoms with Crippen molar-refractivity contribution in [3.05, 3.63) is 29.3 Å². The topological polar surface area (TPSA) is 63.2 Å². The molecule has 6 heteroatoms. The normalized spacial score (nSPS) is 11.5. The fourth-order valence-corrected chi connectivity index (χ4v) is 1.98. The fraction of sp³-hybridized carbons (Fsp3) is 0.364. The van der Waals surface area contributed by atoms with Gasteiger partial charge in [-0.3, -0.25) is 4.79 Å². The maximum absolute atomic E-state index is 11.5. The molecule has 1 amide bonds. The monoisotopic (exact) mass is 275 g/mol. The first-order chi connectivity index (χ1) is 7.81. The van der Waals surface area contributed by atoms with E-state index < -0.39 is 26.7 Å². The molecule has 0 fully saturated rings. The molecule has 1 aromatic rings. The molecule has 17 heavy (non-hydrogen) atoms. The maximum Gasteiger partial charge on any atom is 0.239 e. The van der Waals surface area contributed by atoms with E-state index in [0.717, 1.165) is 0 Å². The SMILES string of the molecule is CC(C)S(=O)(=O)CC(=O)Nc1ccc(Cl)cc1. The zero-order chi connectivity index (χ0) is 13.1. The Kier molecular flexibility index (Phi) is 4.54. The van der Waals surface area contributed by atoms with Crippen LogP contribution in [0.25, 0.3) is 0 Å². The average Bonchev–Trinajstić information content (AvgIpc) is 2.20. The van der Waals surface area contributed by atoms with Crippen molar-refractivity contribution in [1.82, 2.24) is 0 Å². The number of benzene rings is 1. The Balaban J connectivity index is 2.65. The molecule has 0 saturated heterocycles. The zero-order valence-electron chi connectivity index (χ0n) is 9.60. The van der Waals surface area contributed by atoms with E-state index in [1.54, 1.807) is 38.1 Å². The molecule has 0 spiro atoms. The summed E-state index contributed by atoms with van der Waals surface area (Å²) in [6.07, 6.45) is 0. The van der Waals surface area contributed by atoms with E-state index in [-0.39, 0.29) is 0 Å². The highest BCUT2D eigenvalue weighted by molar-refractivity contribution is 7.92. The summed E-state index contributed by atoms with van der Waals surface area (Å²) in [5.41, 5.74) is 0.526. The molecule has 1 N–H and O–H groups in total. The van der Waals surface area contributed by atoms with Crippen LogP contribution in [-0.4, -0.2) is 25.3 Å². The van der Waals surface area contributed by atoms with Gasteiger partial charge in [-0.15, -0.1) is 0 Å². The Bertz CT molecular complexity index is 494. The molecule has 0 heterocycles. The zero-order valence-corrected chi connectivity index (χ0v) is 11.2. The molecule has 94 valence electrons. The van der Waals surface area contributed by atoms with E-state index in [2.05, 4.69) is 5.32 Å². The van der Waals surface area contributed by atoms with Crippen molar-refractivity contribution in [1.29, 1.82) is 0 Å². The molecular formula is C11H14ClNO3S. The van der Waals surface area contributed by atoms with Crippen LogP contribution in [0.5, 0.6) is 0 Å². The lowest BCUT2D eigenvalue weighted by Gasteiger charge is -2.08. The van der Waals surface area contributed by atoms with Crippen LogP contribution in [0.2, 0.25) is 5.02 Å². The Hall–Kier alpha value is -1.07. The quantitative estimate of drug-likeness (QED) is 0.915. The number of carbonyl (C=O) groups is 1. The van der Waals surface area contributed by atoms with Crippen molar-refractivity contribution in [3.8, 4) is 0 Å². The van der Waals surface area contributed by atoms with Crippen molar-refractivity contribution >= 4 is 33.0 Å². The summed E-state index contributed by atoms with van der Waals surface area (Å²) in [6, 6.07) is 6.46. The Morgan fingerprint density at radius 1 is 1.29 bits per heavy atom. The number of rotatable bonds is 4. The number of nitrogens with one attached hydrogen (secondary N) is 1. The van der Waals surface area contributed by atoms with E-state index in [0.29, 0.717) is 10.7 Å². The third-order valence-corrected chi connectivity index (χ3v) is 4.53. The molecule has 0 radical (unpaired) electrons. The lowest BCUT2D eigenvalue weighted by molar-refractivity contribution is -0.113. The lowest BCUT2D eigenvalue weighted by Crippen LogP contribution is -2.27. The second kappa shape index (κ2) is 5.51. The average molecular weight is 276 g/mol. The summed E-state index contributed by atoms with van der Waals surface area (Å²) in [5, 5.41) is 2.50. The molecular weight excluding hydrogens is 262 g/mol.